The summed E-state index contributed by atoms with van der Waals surface area (Å²) in [6.45, 7) is 7.71. The van der Waals surface area contributed by atoms with Crippen LogP contribution in [0.25, 0.3) is 0 Å². The number of hydrogen-bond donors (Lipinski definition) is 2. The molecule has 0 amide bonds. The second-order valence-corrected chi connectivity index (χ2v) is 2.23. The Balaban J connectivity index is 3.16. The molecule has 1 unspecified atom stereocenters. The molecule has 9 heavy (non-hydrogen) atoms. The Morgan fingerprint density at radius 3 is 2.56 bits per heavy atom. The van der Waals surface area contributed by atoms with Gasteiger partial charge in [0, 0.05) is 12.6 Å². The quantitative estimate of drug-likeness (QED) is 0.526. The third kappa shape index (κ3) is 5.46. The summed E-state index contributed by atoms with van der Waals surface area (Å²) in [4.78, 5) is 3.40. The van der Waals surface area contributed by atoms with Crippen LogP contribution in [0, 0.1) is 0 Å². The zero-order chi connectivity index (χ0) is 7.28. The summed E-state index contributed by atoms with van der Waals surface area (Å²) in [6.07, 6.45) is -0.660. The largest absolute Gasteiger partial charge is 0.371 e. The third-order valence-electron chi connectivity index (χ3n) is 0.919. The van der Waals surface area contributed by atoms with E-state index < -0.39 is 6.23 Å². The molecular weight excluding hydrogens is 116 g/mol. The molecule has 0 aliphatic heterocycles. The van der Waals surface area contributed by atoms with Crippen LogP contribution >= 0.6 is 0 Å². The van der Waals surface area contributed by atoms with E-state index in [2.05, 4.69) is 17.0 Å². The number of aliphatic hydroxyl groups excluding tert-OH is 1. The van der Waals surface area contributed by atoms with Crippen molar-refractivity contribution in [3.8, 4) is 0 Å². The maximum Gasteiger partial charge on any atom is 0.156 e. The molecule has 0 fully saturated rings. The van der Waals surface area contributed by atoms with E-state index in [9.17, 15) is 0 Å². The summed E-state index contributed by atoms with van der Waals surface area (Å²) < 4.78 is 0. The second kappa shape index (κ2) is 4.47. The fourth-order valence-corrected chi connectivity index (χ4v) is 0.406. The van der Waals surface area contributed by atoms with Gasteiger partial charge in [0.05, 0.1) is 0 Å². The van der Waals surface area contributed by atoms with Gasteiger partial charge in [-0.3, -0.25) is 4.99 Å². The molecule has 0 saturated carbocycles. The van der Waals surface area contributed by atoms with Crippen LogP contribution in [0.3, 0.4) is 0 Å². The zero-order valence-electron chi connectivity index (χ0n) is 5.96. The van der Waals surface area contributed by atoms with E-state index in [-0.39, 0.29) is 0 Å². The van der Waals surface area contributed by atoms with E-state index in [4.69, 9.17) is 5.11 Å². The first-order valence-electron chi connectivity index (χ1n) is 3.04. The van der Waals surface area contributed by atoms with Crippen molar-refractivity contribution in [1.29, 1.82) is 0 Å². The van der Waals surface area contributed by atoms with Crippen LogP contribution in [-0.4, -0.2) is 30.6 Å². The lowest BCUT2D eigenvalue weighted by Gasteiger charge is -2.08. The Bertz CT molecular complexity index is 83.1. The Hall–Kier alpha value is -0.410. The number of aliphatic hydroxyl groups is 1. The molecule has 0 aliphatic rings. The van der Waals surface area contributed by atoms with Crippen LogP contribution in [0.15, 0.2) is 4.99 Å². The van der Waals surface area contributed by atoms with Gasteiger partial charge in [-0.1, -0.05) is 13.8 Å². The van der Waals surface area contributed by atoms with Gasteiger partial charge in [0.25, 0.3) is 0 Å². The van der Waals surface area contributed by atoms with Crippen LogP contribution in [0.4, 0.5) is 0 Å². The van der Waals surface area contributed by atoms with Gasteiger partial charge >= 0.3 is 0 Å². The first-order chi connectivity index (χ1) is 4.16. The van der Waals surface area contributed by atoms with Gasteiger partial charge in [-0.2, -0.15) is 0 Å². The van der Waals surface area contributed by atoms with Crippen molar-refractivity contribution in [2.45, 2.75) is 26.1 Å². The van der Waals surface area contributed by atoms with Crippen molar-refractivity contribution in [2.75, 3.05) is 6.54 Å². The van der Waals surface area contributed by atoms with Gasteiger partial charge in [0.1, 0.15) is 0 Å². The topological polar surface area (TPSA) is 44.6 Å². The van der Waals surface area contributed by atoms with E-state index in [1.165, 1.54) is 0 Å². The van der Waals surface area contributed by atoms with Gasteiger partial charge in [-0.05, 0) is 6.72 Å². The molecule has 0 rings (SSSR count). The first-order valence-corrected chi connectivity index (χ1v) is 3.04. The van der Waals surface area contributed by atoms with Crippen LogP contribution in [-0.2, 0) is 0 Å². The smallest absolute Gasteiger partial charge is 0.156 e. The highest BCUT2D eigenvalue weighted by molar-refractivity contribution is 5.23. The summed E-state index contributed by atoms with van der Waals surface area (Å²) >= 11 is 0. The molecule has 3 nitrogen and oxygen atoms in total. The van der Waals surface area contributed by atoms with Crippen LogP contribution in [0.2, 0.25) is 0 Å². The Morgan fingerprint density at radius 1 is 1.67 bits per heavy atom. The number of aliphatic imine (C=N–C) groups is 1. The maximum absolute atomic E-state index is 8.82. The lowest BCUT2D eigenvalue weighted by Crippen LogP contribution is -2.30. The monoisotopic (exact) mass is 130 g/mol. The van der Waals surface area contributed by atoms with Crippen molar-refractivity contribution in [2.24, 2.45) is 4.99 Å². The van der Waals surface area contributed by atoms with Crippen molar-refractivity contribution in [3.63, 3.8) is 0 Å². The molecular formula is C6H14N2O. The number of rotatable bonds is 4. The first kappa shape index (κ1) is 8.59. The van der Waals surface area contributed by atoms with Crippen LogP contribution in [0.5, 0.6) is 0 Å². The highest BCUT2D eigenvalue weighted by Gasteiger charge is 1.97. The minimum absolute atomic E-state index is 0.390. The Labute approximate surface area is 55.8 Å². The maximum atomic E-state index is 8.82. The molecule has 0 aliphatic carbocycles. The minimum Gasteiger partial charge on any atom is -0.371 e. The average Bonchev–Trinajstić information content (AvgIpc) is 1.83. The summed E-state index contributed by atoms with van der Waals surface area (Å²) in [5.41, 5.74) is 0. The molecule has 0 saturated heterocycles. The fraction of sp³-hybridized carbons (Fsp3) is 0.833. The molecule has 1 atom stereocenters. The molecule has 0 radical (unpaired) electrons. The minimum atomic E-state index is -0.660. The summed E-state index contributed by atoms with van der Waals surface area (Å²) in [7, 11) is 0. The van der Waals surface area contributed by atoms with Crippen LogP contribution in [0.1, 0.15) is 13.8 Å². The normalized spacial score (nSPS) is 13.8. The lowest BCUT2D eigenvalue weighted by molar-refractivity contribution is 0.179. The van der Waals surface area contributed by atoms with Gasteiger partial charge in [0.15, 0.2) is 6.23 Å². The van der Waals surface area contributed by atoms with E-state index in [1.807, 2.05) is 13.8 Å². The molecule has 0 aromatic heterocycles. The molecule has 54 valence electrons. The number of nitrogens with one attached hydrogen (secondary N) is 1. The standard InChI is InChI=1S/C6H14N2O/c1-5(2)8-4-6(9)7-3/h5-6,8-9H,3-4H2,1-2H3. The molecule has 0 aromatic rings. The van der Waals surface area contributed by atoms with Crippen molar-refractivity contribution < 1.29 is 5.11 Å². The van der Waals surface area contributed by atoms with Crippen molar-refractivity contribution >= 4 is 6.72 Å². The predicted octanol–water partition coefficient (Wildman–Crippen LogP) is 0.00340. The van der Waals surface area contributed by atoms with Gasteiger partial charge in [0.2, 0.25) is 0 Å². The molecule has 2 N–H and O–H groups in total. The van der Waals surface area contributed by atoms with E-state index >= 15 is 0 Å². The Kier molecular flexibility index (Phi) is 4.26. The average molecular weight is 130 g/mol. The van der Waals surface area contributed by atoms with Gasteiger partial charge in [-0.25, -0.2) is 0 Å². The molecule has 0 aromatic carbocycles. The third-order valence-corrected chi connectivity index (χ3v) is 0.919. The molecule has 0 bridgehead atoms. The zero-order valence-corrected chi connectivity index (χ0v) is 5.96. The Morgan fingerprint density at radius 2 is 2.22 bits per heavy atom. The van der Waals surface area contributed by atoms with Gasteiger partial charge in [-0.15, -0.1) is 0 Å². The molecule has 0 heterocycles. The SMILES string of the molecule is C=NC(O)CNC(C)C. The summed E-state index contributed by atoms with van der Waals surface area (Å²) in [5, 5.41) is 11.8. The molecule has 3 heteroatoms. The van der Waals surface area contributed by atoms with E-state index in [0.29, 0.717) is 12.6 Å². The van der Waals surface area contributed by atoms with Crippen molar-refractivity contribution in [1.82, 2.24) is 5.32 Å². The number of nitrogens with zero attached hydrogens (tertiary/aromatic N) is 1. The highest BCUT2D eigenvalue weighted by Crippen LogP contribution is 1.81. The highest BCUT2D eigenvalue weighted by atomic mass is 16.3. The van der Waals surface area contributed by atoms with E-state index in [1.54, 1.807) is 0 Å². The van der Waals surface area contributed by atoms with E-state index in [0.717, 1.165) is 0 Å². The molecule has 0 spiro atoms. The lowest BCUT2D eigenvalue weighted by atomic mass is 10.4. The van der Waals surface area contributed by atoms with Crippen LogP contribution < -0.4 is 5.32 Å². The summed E-state index contributed by atoms with van der Waals surface area (Å²) in [6, 6.07) is 0.390. The summed E-state index contributed by atoms with van der Waals surface area (Å²) in [5.74, 6) is 0. The number of hydrogen-bond acceptors (Lipinski definition) is 3. The predicted molar refractivity (Wildman–Crippen MR) is 38.7 cm³/mol. The second-order valence-electron chi connectivity index (χ2n) is 2.23. The van der Waals surface area contributed by atoms with Crippen molar-refractivity contribution in [3.05, 3.63) is 0 Å². The fourth-order valence-electron chi connectivity index (χ4n) is 0.406. The van der Waals surface area contributed by atoms with Gasteiger partial charge < -0.3 is 10.4 Å².